The third kappa shape index (κ3) is 3.53. The molecule has 1 saturated heterocycles. The zero-order chi connectivity index (χ0) is 14.8. The minimum atomic E-state index is -2.95. The Hall–Kier alpha value is -1.96. The number of hydrogen-bond donors (Lipinski definition) is 2. The van der Waals surface area contributed by atoms with Crippen LogP contribution in [0, 0.1) is 5.92 Å². The minimum Gasteiger partial charge on any atom is -0.477 e. The molecular weight excluding hydrogens is 284 g/mol. The van der Waals surface area contributed by atoms with Gasteiger partial charge in [0, 0.05) is 12.7 Å². The molecule has 1 amide bonds. The highest BCUT2D eigenvalue weighted by Gasteiger charge is 2.28. The molecule has 1 unspecified atom stereocenters. The van der Waals surface area contributed by atoms with Crippen LogP contribution in [0.2, 0.25) is 0 Å². The SMILES string of the molecule is O=C(NCC1CCS(=O)(=O)C1)c1ccc(C(=O)O)nc1. The number of pyridine rings is 1. The molecule has 0 spiro atoms. The van der Waals surface area contributed by atoms with Gasteiger partial charge in [0.15, 0.2) is 9.84 Å². The molecular formula is C12H14N2O5S. The lowest BCUT2D eigenvalue weighted by atomic mass is 10.1. The summed E-state index contributed by atoms with van der Waals surface area (Å²) < 4.78 is 22.6. The second-order valence-electron chi connectivity index (χ2n) is 4.72. The molecule has 7 nitrogen and oxygen atoms in total. The van der Waals surface area contributed by atoms with Gasteiger partial charge in [-0.1, -0.05) is 0 Å². The Balaban J connectivity index is 1.90. The van der Waals surface area contributed by atoms with E-state index in [1.54, 1.807) is 0 Å². The highest BCUT2D eigenvalue weighted by atomic mass is 32.2. The van der Waals surface area contributed by atoms with E-state index in [1.807, 2.05) is 0 Å². The fourth-order valence-corrected chi connectivity index (χ4v) is 3.89. The van der Waals surface area contributed by atoms with Crippen molar-refractivity contribution in [2.45, 2.75) is 6.42 Å². The largest absolute Gasteiger partial charge is 0.477 e. The first-order chi connectivity index (χ1) is 9.37. The molecule has 20 heavy (non-hydrogen) atoms. The number of rotatable bonds is 4. The van der Waals surface area contributed by atoms with Crippen molar-refractivity contribution >= 4 is 21.7 Å². The van der Waals surface area contributed by atoms with Gasteiger partial charge in [0.25, 0.3) is 5.91 Å². The van der Waals surface area contributed by atoms with E-state index in [0.717, 1.165) is 0 Å². The summed E-state index contributed by atoms with van der Waals surface area (Å²) in [4.78, 5) is 26.1. The van der Waals surface area contributed by atoms with E-state index in [4.69, 9.17) is 5.11 Å². The molecule has 2 heterocycles. The van der Waals surface area contributed by atoms with Crippen LogP contribution in [0.25, 0.3) is 0 Å². The highest BCUT2D eigenvalue weighted by Crippen LogP contribution is 2.17. The van der Waals surface area contributed by atoms with Gasteiger partial charge in [0.2, 0.25) is 0 Å². The maximum absolute atomic E-state index is 11.8. The van der Waals surface area contributed by atoms with E-state index >= 15 is 0 Å². The Labute approximate surface area is 115 Å². The zero-order valence-corrected chi connectivity index (χ0v) is 11.4. The summed E-state index contributed by atoms with van der Waals surface area (Å²) in [7, 11) is -2.95. The number of amides is 1. The third-order valence-electron chi connectivity index (χ3n) is 3.12. The van der Waals surface area contributed by atoms with Crippen molar-refractivity contribution in [3.8, 4) is 0 Å². The first-order valence-corrected chi connectivity index (χ1v) is 7.87. The number of hydrogen-bond acceptors (Lipinski definition) is 5. The second kappa shape index (κ2) is 5.58. The van der Waals surface area contributed by atoms with Gasteiger partial charge in [-0.3, -0.25) is 4.79 Å². The predicted molar refractivity (Wildman–Crippen MR) is 70.3 cm³/mol. The lowest BCUT2D eigenvalue weighted by molar-refractivity contribution is 0.0689. The summed E-state index contributed by atoms with van der Waals surface area (Å²) in [6.07, 6.45) is 1.74. The second-order valence-corrected chi connectivity index (χ2v) is 6.95. The summed E-state index contributed by atoms with van der Waals surface area (Å²) in [5.74, 6) is -1.34. The number of aromatic carboxylic acids is 1. The Kier molecular flexibility index (Phi) is 4.03. The van der Waals surface area contributed by atoms with Crippen molar-refractivity contribution in [2.24, 2.45) is 5.92 Å². The van der Waals surface area contributed by atoms with Gasteiger partial charge in [0.05, 0.1) is 17.1 Å². The van der Waals surface area contributed by atoms with Gasteiger partial charge < -0.3 is 10.4 Å². The summed E-state index contributed by atoms with van der Waals surface area (Å²) >= 11 is 0. The summed E-state index contributed by atoms with van der Waals surface area (Å²) in [5.41, 5.74) is 0.110. The van der Waals surface area contributed by atoms with Crippen LogP contribution < -0.4 is 5.32 Å². The molecule has 2 rings (SSSR count). The smallest absolute Gasteiger partial charge is 0.354 e. The molecule has 0 radical (unpaired) electrons. The minimum absolute atomic E-state index is 0.0600. The predicted octanol–water partition coefficient (Wildman–Crippen LogP) is -0.0557. The number of carboxylic acids is 1. The Morgan fingerprint density at radius 3 is 2.65 bits per heavy atom. The fourth-order valence-electron chi connectivity index (χ4n) is 2.03. The molecule has 1 aliphatic rings. The molecule has 1 atom stereocenters. The molecule has 1 aromatic heterocycles. The van der Waals surface area contributed by atoms with E-state index in [9.17, 15) is 18.0 Å². The van der Waals surface area contributed by atoms with Gasteiger partial charge >= 0.3 is 5.97 Å². The highest BCUT2D eigenvalue weighted by molar-refractivity contribution is 7.91. The molecule has 1 fully saturated rings. The normalized spacial score (nSPS) is 20.5. The van der Waals surface area contributed by atoms with E-state index in [2.05, 4.69) is 10.3 Å². The number of aromatic nitrogens is 1. The standard InChI is InChI=1S/C12H14N2O5S/c15-11(9-1-2-10(12(16)17)13-6-9)14-5-8-3-4-20(18,19)7-8/h1-2,6,8H,3-5,7H2,(H,14,15)(H,16,17). The Bertz CT molecular complexity index is 624. The first kappa shape index (κ1) is 14.4. The van der Waals surface area contributed by atoms with Gasteiger partial charge in [0.1, 0.15) is 5.69 Å². The van der Waals surface area contributed by atoms with Crippen LogP contribution in [0.3, 0.4) is 0 Å². The van der Waals surface area contributed by atoms with Crippen molar-refractivity contribution in [2.75, 3.05) is 18.1 Å². The molecule has 0 aliphatic carbocycles. The van der Waals surface area contributed by atoms with Crippen LogP contribution in [0.4, 0.5) is 0 Å². The summed E-state index contributed by atoms with van der Waals surface area (Å²) in [6, 6.07) is 2.62. The number of carbonyl (C=O) groups is 2. The van der Waals surface area contributed by atoms with Gasteiger partial charge in [-0.25, -0.2) is 18.2 Å². The summed E-state index contributed by atoms with van der Waals surface area (Å²) in [6.45, 7) is 0.290. The van der Waals surface area contributed by atoms with Crippen molar-refractivity contribution in [1.29, 1.82) is 0 Å². The lowest BCUT2D eigenvalue weighted by Gasteiger charge is -2.09. The monoisotopic (exact) mass is 298 g/mol. The Morgan fingerprint density at radius 2 is 2.15 bits per heavy atom. The fraction of sp³-hybridized carbons (Fsp3) is 0.417. The van der Waals surface area contributed by atoms with Crippen LogP contribution in [0.5, 0.6) is 0 Å². The molecule has 0 bridgehead atoms. The van der Waals surface area contributed by atoms with E-state index in [-0.39, 0.29) is 28.7 Å². The average Bonchev–Trinajstić information content (AvgIpc) is 2.75. The average molecular weight is 298 g/mol. The van der Waals surface area contributed by atoms with Crippen LogP contribution in [-0.2, 0) is 9.84 Å². The molecule has 1 aromatic rings. The molecule has 2 N–H and O–H groups in total. The van der Waals surface area contributed by atoms with Crippen molar-refractivity contribution < 1.29 is 23.1 Å². The summed E-state index contributed by atoms with van der Waals surface area (Å²) in [5, 5.41) is 11.3. The molecule has 0 saturated carbocycles. The zero-order valence-electron chi connectivity index (χ0n) is 10.6. The maximum Gasteiger partial charge on any atom is 0.354 e. The number of nitrogens with zero attached hydrogens (tertiary/aromatic N) is 1. The molecule has 0 aromatic carbocycles. The van der Waals surface area contributed by atoms with Crippen molar-refractivity contribution in [3.05, 3.63) is 29.6 Å². The lowest BCUT2D eigenvalue weighted by Crippen LogP contribution is -2.30. The Morgan fingerprint density at radius 1 is 1.40 bits per heavy atom. The van der Waals surface area contributed by atoms with E-state index in [0.29, 0.717) is 13.0 Å². The van der Waals surface area contributed by atoms with E-state index in [1.165, 1.54) is 18.3 Å². The number of carbonyl (C=O) groups excluding carboxylic acids is 1. The van der Waals surface area contributed by atoms with Gasteiger partial charge in [-0.05, 0) is 24.5 Å². The van der Waals surface area contributed by atoms with Crippen molar-refractivity contribution in [1.82, 2.24) is 10.3 Å². The van der Waals surface area contributed by atoms with E-state index < -0.39 is 21.7 Å². The topological polar surface area (TPSA) is 113 Å². The van der Waals surface area contributed by atoms with Crippen LogP contribution in [0.1, 0.15) is 27.3 Å². The quantitative estimate of drug-likeness (QED) is 0.805. The van der Waals surface area contributed by atoms with Gasteiger partial charge in [-0.2, -0.15) is 0 Å². The first-order valence-electron chi connectivity index (χ1n) is 6.05. The number of nitrogens with one attached hydrogen (secondary N) is 1. The molecule has 1 aliphatic heterocycles. The number of carboxylic acid groups (broad SMARTS) is 1. The maximum atomic E-state index is 11.8. The van der Waals surface area contributed by atoms with Crippen LogP contribution in [0.15, 0.2) is 18.3 Å². The number of sulfone groups is 1. The third-order valence-corrected chi connectivity index (χ3v) is 4.96. The van der Waals surface area contributed by atoms with Gasteiger partial charge in [-0.15, -0.1) is 0 Å². The van der Waals surface area contributed by atoms with Crippen LogP contribution in [-0.4, -0.2) is 48.4 Å². The van der Waals surface area contributed by atoms with Crippen molar-refractivity contribution in [3.63, 3.8) is 0 Å². The molecule has 108 valence electrons. The van der Waals surface area contributed by atoms with Crippen LogP contribution >= 0.6 is 0 Å². The molecule has 8 heteroatoms.